The van der Waals surface area contributed by atoms with E-state index in [4.69, 9.17) is 16.3 Å². The number of nitrogens with zero attached hydrogens (tertiary/aromatic N) is 4. The molecule has 0 aliphatic carbocycles. The lowest BCUT2D eigenvalue weighted by molar-refractivity contribution is 0.0727. The van der Waals surface area contributed by atoms with Crippen molar-refractivity contribution in [2.45, 2.75) is 18.9 Å². The van der Waals surface area contributed by atoms with Gasteiger partial charge in [0.1, 0.15) is 5.75 Å². The first kappa shape index (κ1) is 16.6. The fourth-order valence-electron chi connectivity index (χ4n) is 3.81. The number of piperidine rings is 1. The Morgan fingerprint density at radius 2 is 1.88 bits per heavy atom. The predicted octanol–water partition coefficient (Wildman–Crippen LogP) is 3.11. The van der Waals surface area contributed by atoms with E-state index in [2.05, 4.69) is 20.0 Å². The van der Waals surface area contributed by atoms with Crippen LogP contribution in [0.3, 0.4) is 0 Å². The van der Waals surface area contributed by atoms with Gasteiger partial charge in [-0.2, -0.15) is 0 Å². The van der Waals surface area contributed by atoms with Crippen molar-refractivity contribution in [1.29, 1.82) is 0 Å². The molecule has 0 spiro atoms. The molecule has 2 aliphatic heterocycles. The number of ether oxygens (including phenoxy) is 1. The normalized spacial score (nSPS) is 24.0. The molecule has 2 unspecified atom stereocenters. The zero-order chi connectivity index (χ0) is 17.1. The Morgan fingerprint density at radius 1 is 1.00 bits per heavy atom. The molecule has 6 heteroatoms. The average molecular weight is 359 g/mol. The van der Waals surface area contributed by atoms with Crippen LogP contribution in [-0.2, 0) is 0 Å². The maximum atomic E-state index is 5.96. The van der Waals surface area contributed by atoms with Gasteiger partial charge in [-0.05, 0) is 37.1 Å². The smallest absolute Gasteiger partial charge is 0.151 e. The highest BCUT2D eigenvalue weighted by Crippen LogP contribution is 2.27. The van der Waals surface area contributed by atoms with Gasteiger partial charge in [0, 0.05) is 38.1 Å². The van der Waals surface area contributed by atoms with E-state index in [1.54, 1.807) is 0 Å². The maximum Gasteiger partial charge on any atom is 0.151 e. The van der Waals surface area contributed by atoms with Crippen molar-refractivity contribution in [3.63, 3.8) is 0 Å². The Morgan fingerprint density at radius 3 is 2.68 bits per heavy atom. The van der Waals surface area contributed by atoms with Gasteiger partial charge in [0.05, 0.1) is 6.61 Å². The molecule has 2 aliphatic rings. The van der Waals surface area contributed by atoms with Crippen molar-refractivity contribution in [1.82, 2.24) is 15.1 Å². The first-order chi connectivity index (χ1) is 12.3. The third kappa shape index (κ3) is 4.05. The molecule has 0 N–H and O–H groups in total. The minimum absolute atomic E-state index is 0.446. The SMILES string of the molecule is Clc1ccc(N2CCN3CC(COc4ccccc4)CCC3C2)nn1. The molecule has 2 atom stereocenters. The number of benzene rings is 1. The second-order valence-corrected chi connectivity index (χ2v) is 7.26. The van der Waals surface area contributed by atoms with E-state index in [1.165, 1.54) is 12.8 Å². The summed E-state index contributed by atoms with van der Waals surface area (Å²) in [5, 5.41) is 8.64. The lowest BCUT2D eigenvalue weighted by atomic mass is 9.91. The fraction of sp³-hybridized carbons (Fsp3) is 0.474. The first-order valence-corrected chi connectivity index (χ1v) is 9.32. The van der Waals surface area contributed by atoms with Gasteiger partial charge in [0.2, 0.25) is 0 Å². The van der Waals surface area contributed by atoms with Crippen molar-refractivity contribution < 1.29 is 4.74 Å². The first-order valence-electron chi connectivity index (χ1n) is 8.94. The molecule has 25 heavy (non-hydrogen) atoms. The molecule has 2 aromatic rings. The summed E-state index contributed by atoms with van der Waals surface area (Å²) in [4.78, 5) is 4.94. The van der Waals surface area contributed by atoms with Gasteiger partial charge in [-0.3, -0.25) is 4.90 Å². The van der Waals surface area contributed by atoms with Crippen LogP contribution in [0.15, 0.2) is 42.5 Å². The zero-order valence-electron chi connectivity index (χ0n) is 14.2. The summed E-state index contributed by atoms with van der Waals surface area (Å²) in [6.07, 6.45) is 2.43. The van der Waals surface area contributed by atoms with E-state index < -0.39 is 0 Å². The highest BCUT2D eigenvalue weighted by molar-refractivity contribution is 6.29. The van der Waals surface area contributed by atoms with Crippen LogP contribution in [0.1, 0.15) is 12.8 Å². The molecular formula is C19H23ClN4O. The van der Waals surface area contributed by atoms with E-state index in [0.29, 0.717) is 17.1 Å². The quantitative estimate of drug-likeness (QED) is 0.840. The van der Waals surface area contributed by atoms with Gasteiger partial charge in [0.15, 0.2) is 11.0 Å². The van der Waals surface area contributed by atoms with Crippen molar-refractivity contribution in [3.05, 3.63) is 47.6 Å². The van der Waals surface area contributed by atoms with E-state index in [0.717, 1.165) is 44.4 Å². The molecule has 0 radical (unpaired) electrons. The van der Waals surface area contributed by atoms with Gasteiger partial charge in [-0.1, -0.05) is 29.8 Å². The Balaban J connectivity index is 1.30. The molecule has 1 aromatic carbocycles. The van der Waals surface area contributed by atoms with Crippen molar-refractivity contribution >= 4 is 17.4 Å². The Labute approximate surface area is 153 Å². The number of aromatic nitrogens is 2. The zero-order valence-corrected chi connectivity index (χ0v) is 15.0. The summed E-state index contributed by atoms with van der Waals surface area (Å²) in [5.41, 5.74) is 0. The number of rotatable bonds is 4. The molecule has 5 nitrogen and oxygen atoms in total. The summed E-state index contributed by atoms with van der Waals surface area (Å²) in [7, 11) is 0. The van der Waals surface area contributed by atoms with Gasteiger partial charge >= 0.3 is 0 Å². The number of anilines is 1. The number of hydrogen-bond donors (Lipinski definition) is 0. The molecule has 2 fully saturated rings. The van der Waals surface area contributed by atoms with Crippen molar-refractivity contribution in [2.24, 2.45) is 5.92 Å². The van der Waals surface area contributed by atoms with Crippen molar-refractivity contribution in [3.8, 4) is 5.75 Å². The van der Waals surface area contributed by atoms with Gasteiger partial charge < -0.3 is 9.64 Å². The van der Waals surface area contributed by atoms with E-state index in [-0.39, 0.29) is 0 Å². The van der Waals surface area contributed by atoms with Crippen LogP contribution in [0.25, 0.3) is 0 Å². The van der Waals surface area contributed by atoms with Crippen LogP contribution in [-0.4, -0.2) is 53.9 Å². The second-order valence-electron chi connectivity index (χ2n) is 6.88. The molecule has 1 aromatic heterocycles. The number of hydrogen-bond acceptors (Lipinski definition) is 5. The van der Waals surface area contributed by atoms with Gasteiger partial charge in [0.25, 0.3) is 0 Å². The largest absolute Gasteiger partial charge is 0.493 e. The molecule has 0 bridgehead atoms. The lowest BCUT2D eigenvalue weighted by Gasteiger charge is -2.46. The molecule has 3 heterocycles. The van der Waals surface area contributed by atoms with Crippen LogP contribution in [0, 0.1) is 5.92 Å². The minimum atomic E-state index is 0.446. The Kier molecular flexibility index (Phi) is 5.04. The molecule has 2 saturated heterocycles. The van der Waals surface area contributed by atoms with E-state index in [9.17, 15) is 0 Å². The lowest BCUT2D eigenvalue weighted by Crippen LogP contribution is -2.57. The second kappa shape index (κ2) is 7.58. The summed E-state index contributed by atoms with van der Waals surface area (Å²) in [6.45, 7) is 5.00. The van der Waals surface area contributed by atoms with Crippen LogP contribution in [0.4, 0.5) is 5.82 Å². The number of halogens is 1. The molecule has 132 valence electrons. The number of fused-ring (bicyclic) bond motifs is 1. The standard InChI is InChI=1S/C19H23ClN4O/c20-18-8-9-19(22-21-18)24-11-10-23-12-15(6-7-16(23)13-24)14-25-17-4-2-1-3-5-17/h1-5,8-9,15-16H,6-7,10-14H2. The van der Waals surface area contributed by atoms with E-state index >= 15 is 0 Å². The van der Waals surface area contributed by atoms with Crippen LogP contribution >= 0.6 is 11.6 Å². The third-order valence-corrected chi connectivity index (χ3v) is 5.38. The molecule has 0 saturated carbocycles. The summed E-state index contributed by atoms with van der Waals surface area (Å²) < 4.78 is 5.96. The number of para-hydroxylation sites is 1. The van der Waals surface area contributed by atoms with Crippen LogP contribution in [0.2, 0.25) is 5.15 Å². The van der Waals surface area contributed by atoms with Crippen LogP contribution in [0.5, 0.6) is 5.75 Å². The summed E-state index contributed by atoms with van der Waals surface area (Å²) in [5.74, 6) is 2.51. The monoisotopic (exact) mass is 358 g/mol. The summed E-state index contributed by atoms with van der Waals surface area (Å²) in [6, 6.07) is 14.5. The predicted molar refractivity (Wildman–Crippen MR) is 99.3 cm³/mol. The minimum Gasteiger partial charge on any atom is -0.493 e. The molecule has 4 rings (SSSR count). The molecule has 0 amide bonds. The highest BCUT2D eigenvalue weighted by atomic mass is 35.5. The summed E-state index contributed by atoms with van der Waals surface area (Å²) >= 11 is 5.84. The maximum absolute atomic E-state index is 5.96. The van der Waals surface area contributed by atoms with Gasteiger partial charge in [-0.15, -0.1) is 10.2 Å². The Bertz CT molecular complexity index is 682. The Hall–Kier alpha value is -1.85. The topological polar surface area (TPSA) is 41.5 Å². The number of piperazine rings is 1. The van der Waals surface area contributed by atoms with Gasteiger partial charge in [-0.25, -0.2) is 0 Å². The van der Waals surface area contributed by atoms with Crippen LogP contribution < -0.4 is 9.64 Å². The third-order valence-electron chi connectivity index (χ3n) is 5.18. The molecular weight excluding hydrogens is 336 g/mol. The highest BCUT2D eigenvalue weighted by Gasteiger charge is 2.33. The van der Waals surface area contributed by atoms with E-state index in [1.807, 2.05) is 42.5 Å². The average Bonchev–Trinajstić information content (AvgIpc) is 2.67. The fourth-order valence-corrected chi connectivity index (χ4v) is 3.91. The van der Waals surface area contributed by atoms with Crippen molar-refractivity contribution in [2.75, 3.05) is 37.7 Å².